The van der Waals surface area contributed by atoms with Crippen molar-refractivity contribution in [3.05, 3.63) is 48.0 Å². The molecule has 4 amide bonds. The molecule has 1 aliphatic heterocycles. The van der Waals surface area contributed by atoms with Crippen LogP contribution in [0.25, 0.3) is 10.8 Å². The minimum Gasteiger partial charge on any atom is -0.348 e. The Morgan fingerprint density at radius 1 is 1.12 bits per heavy atom. The van der Waals surface area contributed by atoms with Gasteiger partial charge in [0.2, 0.25) is 5.91 Å². The highest BCUT2D eigenvalue weighted by Crippen LogP contribution is 2.20. The summed E-state index contributed by atoms with van der Waals surface area (Å²) in [5, 5.41) is 7.71. The predicted octanol–water partition coefficient (Wildman–Crippen LogP) is 2.59. The molecule has 2 aromatic carbocycles. The number of imide groups is 1. The zero-order valence-corrected chi connectivity index (χ0v) is 15.2. The molecule has 0 radical (unpaired) electrons. The van der Waals surface area contributed by atoms with Crippen molar-refractivity contribution in [1.82, 2.24) is 15.5 Å². The predicted molar refractivity (Wildman–Crippen MR) is 99.4 cm³/mol. The summed E-state index contributed by atoms with van der Waals surface area (Å²) in [7, 11) is 0. The van der Waals surface area contributed by atoms with E-state index in [0.29, 0.717) is 0 Å². The van der Waals surface area contributed by atoms with Gasteiger partial charge >= 0.3 is 6.03 Å². The SMILES string of the molecule is CC(NC(=O)CN1C(=O)NC(C(C)C)C1=O)c1ccc2ccccc2c1. The van der Waals surface area contributed by atoms with Crippen molar-refractivity contribution >= 4 is 28.6 Å². The summed E-state index contributed by atoms with van der Waals surface area (Å²) in [4.78, 5) is 37.5. The van der Waals surface area contributed by atoms with Gasteiger partial charge in [0, 0.05) is 0 Å². The Balaban J connectivity index is 1.65. The molecule has 0 spiro atoms. The molecule has 26 heavy (non-hydrogen) atoms. The summed E-state index contributed by atoms with van der Waals surface area (Å²) in [6.07, 6.45) is 0. The van der Waals surface area contributed by atoms with E-state index < -0.39 is 12.1 Å². The molecular weight excluding hydrogens is 330 g/mol. The van der Waals surface area contributed by atoms with E-state index in [1.807, 2.05) is 63.2 Å². The second kappa shape index (κ2) is 7.15. The van der Waals surface area contributed by atoms with Gasteiger partial charge in [0.25, 0.3) is 5.91 Å². The van der Waals surface area contributed by atoms with Gasteiger partial charge in [-0.25, -0.2) is 4.79 Å². The number of nitrogens with zero attached hydrogens (tertiary/aromatic N) is 1. The van der Waals surface area contributed by atoms with E-state index in [1.54, 1.807) is 0 Å². The molecular formula is C20H23N3O3. The number of amides is 4. The van der Waals surface area contributed by atoms with Gasteiger partial charge in [-0.15, -0.1) is 0 Å². The number of fused-ring (bicyclic) bond motifs is 1. The van der Waals surface area contributed by atoms with E-state index in [2.05, 4.69) is 10.6 Å². The van der Waals surface area contributed by atoms with Gasteiger partial charge in [-0.3, -0.25) is 14.5 Å². The van der Waals surface area contributed by atoms with Gasteiger partial charge in [-0.2, -0.15) is 0 Å². The standard InChI is InChI=1S/C20H23N3O3/c1-12(2)18-19(25)23(20(26)22-18)11-17(24)21-13(3)15-9-8-14-6-4-5-7-16(14)10-15/h4-10,12-13,18H,11H2,1-3H3,(H,21,24)(H,22,26). The van der Waals surface area contributed by atoms with Crippen molar-refractivity contribution in [3.8, 4) is 0 Å². The van der Waals surface area contributed by atoms with E-state index in [0.717, 1.165) is 21.2 Å². The molecule has 6 nitrogen and oxygen atoms in total. The third-order valence-corrected chi connectivity index (χ3v) is 4.68. The first-order valence-electron chi connectivity index (χ1n) is 8.76. The zero-order chi connectivity index (χ0) is 18.8. The maximum absolute atomic E-state index is 12.3. The average Bonchev–Trinajstić information content (AvgIpc) is 2.89. The lowest BCUT2D eigenvalue weighted by atomic mass is 10.0. The largest absolute Gasteiger partial charge is 0.348 e. The molecule has 1 aliphatic rings. The number of benzene rings is 2. The lowest BCUT2D eigenvalue weighted by Crippen LogP contribution is -2.42. The summed E-state index contributed by atoms with van der Waals surface area (Å²) in [5.74, 6) is -0.729. The number of carbonyl (C=O) groups excluding carboxylic acids is 3. The third kappa shape index (κ3) is 3.54. The molecule has 2 N–H and O–H groups in total. The molecule has 2 atom stereocenters. The molecule has 136 valence electrons. The highest BCUT2D eigenvalue weighted by molar-refractivity contribution is 6.06. The Hall–Kier alpha value is -2.89. The second-order valence-electron chi connectivity index (χ2n) is 6.99. The van der Waals surface area contributed by atoms with Crippen LogP contribution in [0.15, 0.2) is 42.5 Å². The van der Waals surface area contributed by atoms with Crippen molar-refractivity contribution in [3.63, 3.8) is 0 Å². The maximum Gasteiger partial charge on any atom is 0.325 e. The number of rotatable bonds is 5. The van der Waals surface area contributed by atoms with Gasteiger partial charge in [0.1, 0.15) is 12.6 Å². The van der Waals surface area contributed by atoms with Crippen LogP contribution >= 0.6 is 0 Å². The molecule has 2 aromatic rings. The number of hydrogen-bond acceptors (Lipinski definition) is 3. The quantitative estimate of drug-likeness (QED) is 0.811. The highest BCUT2D eigenvalue weighted by atomic mass is 16.2. The first kappa shape index (κ1) is 17.9. The van der Waals surface area contributed by atoms with Crippen molar-refractivity contribution in [2.45, 2.75) is 32.9 Å². The van der Waals surface area contributed by atoms with Crippen LogP contribution in [0.5, 0.6) is 0 Å². The normalized spacial score (nSPS) is 18.3. The van der Waals surface area contributed by atoms with Gasteiger partial charge in [-0.05, 0) is 35.2 Å². The van der Waals surface area contributed by atoms with Crippen LogP contribution in [0.2, 0.25) is 0 Å². The van der Waals surface area contributed by atoms with Crippen molar-refractivity contribution in [2.75, 3.05) is 6.54 Å². The Morgan fingerprint density at radius 2 is 1.81 bits per heavy atom. The fraction of sp³-hybridized carbons (Fsp3) is 0.350. The summed E-state index contributed by atoms with van der Waals surface area (Å²) >= 11 is 0. The van der Waals surface area contributed by atoms with Gasteiger partial charge < -0.3 is 10.6 Å². The molecule has 0 aliphatic carbocycles. The number of hydrogen-bond donors (Lipinski definition) is 2. The monoisotopic (exact) mass is 353 g/mol. The Labute approximate surface area is 152 Å². The van der Waals surface area contributed by atoms with E-state index in [1.165, 1.54) is 0 Å². The van der Waals surface area contributed by atoms with E-state index in [4.69, 9.17) is 0 Å². The molecule has 0 aromatic heterocycles. The smallest absolute Gasteiger partial charge is 0.325 e. The van der Waals surface area contributed by atoms with Gasteiger partial charge in [0.15, 0.2) is 0 Å². The lowest BCUT2D eigenvalue weighted by molar-refractivity contribution is -0.133. The topological polar surface area (TPSA) is 78.5 Å². The van der Waals surface area contributed by atoms with Crippen molar-refractivity contribution in [1.29, 1.82) is 0 Å². The van der Waals surface area contributed by atoms with Crippen LogP contribution in [-0.2, 0) is 9.59 Å². The van der Waals surface area contributed by atoms with Crippen LogP contribution in [-0.4, -0.2) is 35.3 Å². The second-order valence-corrected chi connectivity index (χ2v) is 6.99. The van der Waals surface area contributed by atoms with E-state index in [9.17, 15) is 14.4 Å². The van der Waals surface area contributed by atoms with E-state index >= 15 is 0 Å². The minimum absolute atomic E-state index is 0.0176. The average molecular weight is 353 g/mol. The Kier molecular flexibility index (Phi) is 4.93. The van der Waals surface area contributed by atoms with Gasteiger partial charge in [-0.1, -0.05) is 50.2 Å². The maximum atomic E-state index is 12.3. The van der Waals surface area contributed by atoms with Gasteiger partial charge in [0.05, 0.1) is 6.04 Å². The summed E-state index contributed by atoms with van der Waals surface area (Å²) in [6, 6.07) is 12.7. The van der Waals surface area contributed by atoms with E-state index in [-0.39, 0.29) is 30.3 Å². The fourth-order valence-electron chi connectivity index (χ4n) is 3.13. The lowest BCUT2D eigenvalue weighted by Gasteiger charge is -2.18. The Morgan fingerprint density at radius 3 is 2.46 bits per heavy atom. The number of urea groups is 1. The molecule has 3 rings (SSSR count). The summed E-state index contributed by atoms with van der Waals surface area (Å²) in [5.41, 5.74) is 0.967. The molecule has 6 heteroatoms. The molecule has 1 fully saturated rings. The Bertz CT molecular complexity index is 862. The number of nitrogens with one attached hydrogen (secondary N) is 2. The van der Waals surface area contributed by atoms with Crippen LogP contribution in [0.1, 0.15) is 32.4 Å². The first-order chi connectivity index (χ1) is 12.4. The molecule has 2 unspecified atom stereocenters. The summed E-state index contributed by atoms with van der Waals surface area (Å²) < 4.78 is 0. The summed E-state index contributed by atoms with van der Waals surface area (Å²) in [6.45, 7) is 5.32. The van der Waals surface area contributed by atoms with Crippen molar-refractivity contribution < 1.29 is 14.4 Å². The first-order valence-corrected chi connectivity index (χ1v) is 8.76. The van der Waals surface area contributed by atoms with Crippen molar-refractivity contribution in [2.24, 2.45) is 5.92 Å². The van der Waals surface area contributed by atoms with Crippen LogP contribution < -0.4 is 10.6 Å². The minimum atomic E-state index is -0.562. The number of carbonyl (C=O) groups is 3. The zero-order valence-electron chi connectivity index (χ0n) is 15.2. The van der Waals surface area contributed by atoms with Crippen LogP contribution in [0.3, 0.4) is 0 Å². The highest BCUT2D eigenvalue weighted by Gasteiger charge is 2.40. The fourth-order valence-corrected chi connectivity index (χ4v) is 3.13. The third-order valence-electron chi connectivity index (χ3n) is 4.68. The molecule has 0 saturated carbocycles. The molecule has 0 bridgehead atoms. The molecule has 1 heterocycles. The molecule has 1 saturated heterocycles. The van der Waals surface area contributed by atoms with Crippen LogP contribution in [0.4, 0.5) is 4.79 Å². The van der Waals surface area contributed by atoms with Crippen LogP contribution in [0, 0.1) is 5.92 Å².